The van der Waals surface area contributed by atoms with E-state index in [-0.39, 0.29) is 12.1 Å². The minimum absolute atomic E-state index is 0.0884. The molecule has 1 atom stereocenters. The third-order valence-electron chi connectivity index (χ3n) is 3.50. The maximum Gasteiger partial charge on any atom is 0.338 e. The van der Waals surface area contributed by atoms with Gasteiger partial charge in [0.15, 0.2) is 0 Å². The number of ether oxygens (including phenoxy) is 1. The van der Waals surface area contributed by atoms with Crippen molar-refractivity contribution in [2.24, 2.45) is 0 Å². The molecule has 20 heavy (non-hydrogen) atoms. The van der Waals surface area contributed by atoms with Crippen molar-refractivity contribution in [2.45, 2.75) is 13.0 Å². The number of nitrogens with zero attached hydrogens (tertiary/aromatic N) is 2. The molecule has 0 N–H and O–H groups in total. The average molecular weight is 341 g/mol. The molecule has 1 heterocycles. The Morgan fingerprint density at radius 2 is 1.85 bits per heavy atom. The molecule has 0 spiro atoms. The third kappa shape index (κ3) is 4.58. The first-order valence-electron chi connectivity index (χ1n) is 6.92. The molecule has 1 aliphatic rings. The number of benzene rings is 1. The van der Waals surface area contributed by atoms with Crippen LogP contribution >= 0.6 is 15.9 Å². The fraction of sp³-hybridized carbons (Fsp3) is 0.533. The second-order valence-corrected chi connectivity index (χ2v) is 6.24. The summed E-state index contributed by atoms with van der Waals surface area (Å²) >= 11 is 3.35. The van der Waals surface area contributed by atoms with Gasteiger partial charge in [-0.1, -0.05) is 15.9 Å². The number of hydrogen-bond donors (Lipinski definition) is 0. The van der Waals surface area contributed by atoms with Crippen LogP contribution in [-0.2, 0) is 4.74 Å². The lowest BCUT2D eigenvalue weighted by molar-refractivity contribution is 0.0207. The molecule has 0 saturated carbocycles. The van der Waals surface area contributed by atoms with E-state index in [1.807, 2.05) is 19.1 Å². The Balaban J connectivity index is 1.80. The van der Waals surface area contributed by atoms with E-state index >= 15 is 0 Å². The van der Waals surface area contributed by atoms with E-state index in [1.165, 1.54) is 0 Å². The van der Waals surface area contributed by atoms with Gasteiger partial charge in [-0.2, -0.15) is 0 Å². The average Bonchev–Trinajstić information content (AvgIpc) is 2.42. The minimum atomic E-state index is -0.251. The number of hydrogen-bond acceptors (Lipinski definition) is 4. The highest BCUT2D eigenvalue weighted by Gasteiger charge is 2.18. The van der Waals surface area contributed by atoms with Gasteiger partial charge in [-0.3, -0.25) is 4.90 Å². The van der Waals surface area contributed by atoms with Crippen LogP contribution in [0.5, 0.6) is 0 Å². The summed E-state index contributed by atoms with van der Waals surface area (Å²) in [4.78, 5) is 16.7. The van der Waals surface area contributed by atoms with Gasteiger partial charge in [0.05, 0.1) is 5.56 Å². The van der Waals surface area contributed by atoms with Crippen LogP contribution in [0.25, 0.3) is 0 Å². The number of piperazine rings is 1. The summed E-state index contributed by atoms with van der Waals surface area (Å²) in [5, 5.41) is 0. The second-order valence-electron chi connectivity index (χ2n) is 5.33. The molecule has 1 fully saturated rings. The topological polar surface area (TPSA) is 32.8 Å². The third-order valence-corrected chi connectivity index (χ3v) is 4.03. The van der Waals surface area contributed by atoms with Gasteiger partial charge in [0, 0.05) is 37.2 Å². The quantitative estimate of drug-likeness (QED) is 0.787. The molecular weight excluding hydrogens is 320 g/mol. The van der Waals surface area contributed by atoms with E-state index in [2.05, 4.69) is 32.8 Å². The SMILES string of the molecule is CC(CN1CCN(C)CC1)OC(=O)c1ccc(Br)cc1. The van der Waals surface area contributed by atoms with Crippen molar-refractivity contribution in [1.29, 1.82) is 0 Å². The number of rotatable bonds is 4. The first kappa shape index (κ1) is 15.5. The lowest BCUT2D eigenvalue weighted by atomic mass is 10.2. The summed E-state index contributed by atoms with van der Waals surface area (Å²) < 4.78 is 6.45. The minimum Gasteiger partial charge on any atom is -0.458 e. The Hall–Kier alpha value is -0.910. The fourth-order valence-electron chi connectivity index (χ4n) is 2.27. The van der Waals surface area contributed by atoms with Gasteiger partial charge in [-0.15, -0.1) is 0 Å². The van der Waals surface area contributed by atoms with Crippen molar-refractivity contribution in [1.82, 2.24) is 9.80 Å². The highest BCUT2D eigenvalue weighted by Crippen LogP contribution is 2.12. The number of carbonyl (C=O) groups is 1. The van der Waals surface area contributed by atoms with Crippen molar-refractivity contribution in [3.8, 4) is 0 Å². The smallest absolute Gasteiger partial charge is 0.338 e. The van der Waals surface area contributed by atoms with E-state index < -0.39 is 0 Å². The monoisotopic (exact) mass is 340 g/mol. The zero-order chi connectivity index (χ0) is 14.5. The van der Waals surface area contributed by atoms with E-state index in [4.69, 9.17) is 4.74 Å². The first-order chi connectivity index (χ1) is 9.54. The largest absolute Gasteiger partial charge is 0.458 e. The lowest BCUT2D eigenvalue weighted by Gasteiger charge is -2.33. The molecule has 0 bridgehead atoms. The van der Waals surface area contributed by atoms with Crippen LogP contribution < -0.4 is 0 Å². The highest BCUT2D eigenvalue weighted by atomic mass is 79.9. The van der Waals surface area contributed by atoms with Gasteiger partial charge in [0.2, 0.25) is 0 Å². The molecule has 1 aliphatic heterocycles. The summed E-state index contributed by atoms with van der Waals surface area (Å²) in [5.41, 5.74) is 0.596. The molecule has 0 aromatic heterocycles. The molecule has 0 amide bonds. The normalized spacial score (nSPS) is 18.8. The van der Waals surface area contributed by atoms with Crippen molar-refractivity contribution < 1.29 is 9.53 Å². The Labute approximate surface area is 128 Å². The van der Waals surface area contributed by atoms with Gasteiger partial charge in [-0.05, 0) is 38.2 Å². The van der Waals surface area contributed by atoms with Crippen molar-refractivity contribution in [2.75, 3.05) is 39.8 Å². The summed E-state index contributed by atoms with van der Waals surface area (Å²) in [6.07, 6.45) is -0.0884. The van der Waals surface area contributed by atoms with E-state index in [1.54, 1.807) is 12.1 Å². The van der Waals surface area contributed by atoms with Crippen LogP contribution in [0, 0.1) is 0 Å². The summed E-state index contributed by atoms with van der Waals surface area (Å²) in [6, 6.07) is 7.24. The Bertz CT molecular complexity index is 442. The van der Waals surface area contributed by atoms with Crippen molar-refractivity contribution in [3.05, 3.63) is 34.3 Å². The van der Waals surface area contributed by atoms with Crippen LogP contribution in [0.1, 0.15) is 17.3 Å². The molecule has 4 nitrogen and oxygen atoms in total. The van der Waals surface area contributed by atoms with Crippen molar-refractivity contribution in [3.63, 3.8) is 0 Å². The summed E-state index contributed by atoms with van der Waals surface area (Å²) in [6.45, 7) is 6.99. The van der Waals surface area contributed by atoms with Gasteiger partial charge in [0.1, 0.15) is 6.10 Å². The number of halogens is 1. The predicted octanol–water partition coefficient (Wildman–Crippen LogP) is 2.24. The number of likely N-dealkylation sites (N-methyl/N-ethyl adjacent to an activating group) is 1. The second kappa shape index (κ2) is 7.20. The predicted molar refractivity (Wildman–Crippen MR) is 83.0 cm³/mol. The molecule has 5 heteroatoms. The Kier molecular flexibility index (Phi) is 5.57. The fourth-order valence-corrected chi connectivity index (χ4v) is 2.53. The van der Waals surface area contributed by atoms with E-state index in [0.717, 1.165) is 37.2 Å². The summed E-state index contributed by atoms with van der Waals surface area (Å²) in [7, 11) is 2.13. The van der Waals surface area contributed by atoms with Crippen LogP contribution in [0.3, 0.4) is 0 Å². The Morgan fingerprint density at radius 3 is 2.45 bits per heavy atom. The highest BCUT2D eigenvalue weighted by molar-refractivity contribution is 9.10. The van der Waals surface area contributed by atoms with Gasteiger partial charge >= 0.3 is 5.97 Å². The number of carbonyl (C=O) groups excluding carboxylic acids is 1. The van der Waals surface area contributed by atoms with Gasteiger partial charge < -0.3 is 9.64 Å². The van der Waals surface area contributed by atoms with Crippen LogP contribution in [-0.4, -0.2) is 61.6 Å². The van der Waals surface area contributed by atoms with E-state index in [9.17, 15) is 4.79 Å². The molecular formula is C15H21BrN2O2. The number of esters is 1. The lowest BCUT2D eigenvalue weighted by Crippen LogP contribution is -2.47. The molecule has 0 aliphatic carbocycles. The molecule has 1 aromatic carbocycles. The zero-order valence-corrected chi connectivity index (χ0v) is 13.6. The standard InChI is InChI=1S/C15H21BrN2O2/c1-12(11-18-9-7-17(2)8-10-18)20-15(19)13-3-5-14(16)6-4-13/h3-6,12H,7-11H2,1-2H3. The van der Waals surface area contributed by atoms with Crippen LogP contribution in [0.4, 0.5) is 0 Å². The summed E-state index contributed by atoms with van der Waals surface area (Å²) in [5.74, 6) is -0.251. The molecule has 110 valence electrons. The van der Waals surface area contributed by atoms with Crippen LogP contribution in [0.2, 0.25) is 0 Å². The maximum atomic E-state index is 12.0. The van der Waals surface area contributed by atoms with Gasteiger partial charge in [-0.25, -0.2) is 4.79 Å². The molecule has 2 rings (SSSR count). The van der Waals surface area contributed by atoms with E-state index in [0.29, 0.717) is 5.56 Å². The molecule has 1 unspecified atom stereocenters. The van der Waals surface area contributed by atoms with Gasteiger partial charge in [0.25, 0.3) is 0 Å². The van der Waals surface area contributed by atoms with Crippen LogP contribution in [0.15, 0.2) is 28.7 Å². The molecule has 1 saturated heterocycles. The molecule has 0 radical (unpaired) electrons. The molecule has 1 aromatic rings. The maximum absolute atomic E-state index is 12.0. The van der Waals surface area contributed by atoms with Crippen molar-refractivity contribution >= 4 is 21.9 Å². The Morgan fingerprint density at radius 1 is 1.25 bits per heavy atom. The first-order valence-corrected chi connectivity index (χ1v) is 7.71. The zero-order valence-electron chi connectivity index (χ0n) is 12.0.